The number of nitrogens with zero attached hydrogens (tertiary/aromatic N) is 2. The van der Waals surface area contributed by atoms with E-state index >= 15 is 0 Å². The molecule has 0 aliphatic carbocycles. The molecule has 0 spiro atoms. The van der Waals surface area contributed by atoms with Gasteiger partial charge in [-0.05, 0) is 29.5 Å². The highest BCUT2D eigenvalue weighted by molar-refractivity contribution is 5.93. The van der Waals surface area contributed by atoms with Crippen LogP contribution in [-0.4, -0.2) is 26.8 Å². The lowest BCUT2D eigenvalue weighted by atomic mass is 9.86. The second-order valence-electron chi connectivity index (χ2n) is 6.83. The summed E-state index contributed by atoms with van der Waals surface area (Å²) in [6.45, 7) is 8.00. The van der Waals surface area contributed by atoms with Gasteiger partial charge in [0.15, 0.2) is 0 Å². The zero-order chi connectivity index (χ0) is 17.9. The molecular formula is C18H23N3O3. The first kappa shape index (κ1) is 17.7. The molecule has 2 aromatic rings. The Morgan fingerprint density at radius 2 is 1.83 bits per heavy atom. The Morgan fingerprint density at radius 1 is 1.21 bits per heavy atom. The quantitative estimate of drug-likeness (QED) is 0.883. The Hall–Kier alpha value is -2.63. The number of carbonyl (C=O) groups is 2. The molecule has 24 heavy (non-hydrogen) atoms. The van der Waals surface area contributed by atoms with Gasteiger partial charge in [-0.25, -0.2) is 4.68 Å². The van der Waals surface area contributed by atoms with Crippen molar-refractivity contribution in [2.24, 2.45) is 0 Å². The summed E-state index contributed by atoms with van der Waals surface area (Å²) in [4.78, 5) is 23.2. The summed E-state index contributed by atoms with van der Waals surface area (Å²) in [5.74, 6) is -1.39. The molecule has 1 unspecified atom stereocenters. The van der Waals surface area contributed by atoms with Gasteiger partial charge < -0.3 is 10.4 Å². The Morgan fingerprint density at radius 3 is 2.38 bits per heavy atom. The molecule has 0 saturated heterocycles. The van der Waals surface area contributed by atoms with E-state index in [4.69, 9.17) is 5.11 Å². The van der Waals surface area contributed by atoms with E-state index in [-0.39, 0.29) is 29.6 Å². The largest absolute Gasteiger partial charge is 0.480 e. The van der Waals surface area contributed by atoms with Crippen molar-refractivity contribution in [1.82, 2.24) is 15.1 Å². The number of rotatable bonds is 5. The minimum Gasteiger partial charge on any atom is -0.480 e. The molecule has 0 bridgehead atoms. The standard InChI is InChI=1S/C18H23N3O3/c1-12(13-5-7-14(8-6-13)18(2,3)4)20-17(24)15-9-10-19-21(15)11-16(22)23/h5-10,12H,11H2,1-4H3,(H,20,24)(H,22,23). The molecular weight excluding hydrogens is 306 g/mol. The van der Waals surface area contributed by atoms with Gasteiger partial charge in [0, 0.05) is 6.20 Å². The molecule has 0 aliphatic rings. The maximum absolute atomic E-state index is 12.4. The molecule has 0 radical (unpaired) electrons. The number of carbonyl (C=O) groups excluding carboxylic acids is 1. The van der Waals surface area contributed by atoms with Crippen LogP contribution in [0.4, 0.5) is 0 Å². The minimum atomic E-state index is -1.04. The summed E-state index contributed by atoms with van der Waals surface area (Å²) >= 11 is 0. The van der Waals surface area contributed by atoms with Crippen molar-refractivity contribution in [2.45, 2.75) is 45.7 Å². The third kappa shape index (κ3) is 4.22. The number of nitrogens with one attached hydrogen (secondary N) is 1. The van der Waals surface area contributed by atoms with Crippen LogP contribution in [0.3, 0.4) is 0 Å². The van der Waals surface area contributed by atoms with Crippen molar-refractivity contribution in [3.63, 3.8) is 0 Å². The zero-order valence-corrected chi connectivity index (χ0v) is 14.4. The van der Waals surface area contributed by atoms with Crippen LogP contribution in [0.1, 0.15) is 55.4 Å². The molecule has 2 rings (SSSR count). The Labute approximate surface area is 141 Å². The second kappa shape index (κ2) is 6.86. The van der Waals surface area contributed by atoms with E-state index < -0.39 is 5.97 Å². The first-order valence-corrected chi connectivity index (χ1v) is 7.83. The third-order valence-electron chi connectivity index (χ3n) is 3.86. The van der Waals surface area contributed by atoms with E-state index in [1.165, 1.54) is 22.5 Å². The second-order valence-corrected chi connectivity index (χ2v) is 6.83. The van der Waals surface area contributed by atoms with Crippen LogP contribution in [0.25, 0.3) is 0 Å². The van der Waals surface area contributed by atoms with Gasteiger partial charge in [0.25, 0.3) is 5.91 Å². The number of aromatic nitrogens is 2. The summed E-state index contributed by atoms with van der Waals surface area (Å²) in [6.07, 6.45) is 1.42. The van der Waals surface area contributed by atoms with Crippen LogP contribution in [0, 0.1) is 0 Å². The number of carboxylic acid groups (broad SMARTS) is 1. The van der Waals surface area contributed by atoms with Gasteiger partial charge in [0.2, 0.25) is 0 Å². The average molecular weight is 329 g/mol. The van der Waals surface area contributed by atoms with Crippen molar-refractivity contribution in [2.75, 3.05) is 0 Å². The van der Waals surface area contributed by atoms with Gasteiger partial charge in [-0.2, -0.15) is 5.10 Å². The number of benzene rings is 1. The lowest BCUT2D eigenvalue weighted by Gasteiger charge is -2.20. The van der Waals surface area contributed by atoms with Crippen molar-refractivity contribution >= 4 is 11.9 Å². The van der Waals surface area contributed by atoms with Gasteiger partial charge in [-0.3, -0.25) is 9.59 Å². The number of amides is 1. The Bertz CT molecular complexity index is 727. The predicted octanol–water partition coefficient (Wildman–Crippen LogP) is 2.76. The number of carboxylic acids is 1. The number of hydrogen-bond donors (Lipinski definition) is 2. The van der Waals surface area contributed by atoms with Crippen LogP contribution in [0.2, 0.25) is 0 Å². The lowest BCUT2D eigenvalue weighted by Crippen LogP contribution is -2.29. The maximum Gasteiger partial charge on any atom is 0.325 e. The fourth-order valence-corrected chi connectivity index (χ4v) is 2.41. The molecule has 2 N–H and O–H groups in total. The van der Waals surface area contributed by atoms with E-state index in [1.54, 1.807) is 0 Å². The summed E-state index contributed by atoms with van der Waals surface area (Å²) < 4.78 is 1.17. The molecule has 6 nitrogen and oxygen atoms in total. The van der Waals surface area contributed by atoms with Gasteiger partial charge in [-0.1, -0.05) is 45.0 Å². The zero-order valence-electron chi connectivity index (χ0n) is 14.4. The topological polar surface area (TPSA) is 84.2 Å². The van der Waals surface area contributed by atoms with Crippen molar-refractivity contribution in [3.05, 3.63) is 53.3 Å². The molecule has 1 aromatic carbocycles. The van der Waals surface area contributed by atoms with Gasteiger partial charge in [-0.15, -0.1) is 0 Å². The first-order chi connectivity index (χ1) is 11.2. The first-order valence-electron chi connectivity index (χ1n) is 7.83. The molecule has 1 aromatic heterocycles. The highest BCUT2D eigenvalue weighted by atomic mass is 16.4. The molecule has 128 valence electrons. The molecule has 1 atom stereocenters. The Kier molecular flexibility index (Phi) is 5.07. The van der Waals surface area contributed by atoms with E-state index in [0.717, 1.165) is 5.56 Å². The fraction of sp³-hybridized carbons (Fsp3) is 0.389. The molecule has 0 saturated carbocycles. The number of aliphatic carboxylic acids is 1. The van der Waals surface area contributed by atoms with Crippen molar-refractivity contribution in [3.8, 4) is 0 Å². The smallest absolute Gasteiger partial charge is 0.325 e. The fourth-order valence-electron chi connectivity index (χ4n) is 2.41. The highest BCUT2D eigenvalue weighted by Crippen LogP contribution is 2.24. The van der Waals surface area contributed by atoms with Crippen LogP contribution < -0.4 is 5.32 Å². The third-order valence-corrected chi connectivity index (χ3v) is 3.86. The lowest BCUT2D eigenvalue weighted by molar-refractivity contribution is -0.137. The highest BCUT2D eigenvalue weighted by Gasteiger charge is 2.18. The van der Waals surface area contributed by atoms with Crippen LogP contribution in [0.5, 0.6) is 0 Å². The Balaban J connectivity index is 2.09. The van der Waals surface area contributed by atoms with E-state index in [0.29, 0.717) is 0 Å². The molecule has 0 aliphatic heterocycles. The van der Waals surface area contributed by atoms with Crippen molar-refractivity contribution < 1.29 is 14.7 Å². The summed E-state index contributed by atoms with van der Waals surface area (Å²) in [6, 6.07) is 9.44. The maximum atomic E-state index is 12.4. The van der Waals surface area contributed by atoms with Crippen molar-refractivity contribution in [1.29, 1.82) is 0 Å². The molecule has 1 amide bonds. The molecule has 1 heterocycles. The monoisotopic (exact) mass is 329 g/mol. The van der Waals surface area contributed by atoms with Crippen LogP contribution in [-0.2, 0) is 16.8 Å². The van der Waals surface area contributed by atoms with Crippen LogP contribution >= 0.6 is 0 Å². The van der Waals surface area contributed by atoms with E-state index in [9.17, 15) is 9.59 Å². The molecule has 0 fully saturated rings. The summed E-state index contributed by atoms with van der Waals surface area (Å²) in [7, 11) is 0. The normalized spacial score (nSPS) is 12.7. The predicted molar refractivity (Wildman–Crippen MR) is 90.9 cm³/mol. The van der Waals surface area contributed by atoms with Gasteiger partial charge >= 0.3 is 5.97 Å². The number of hydrogen-bond acceptors (Lipinski definition) is 3. The summed E-state index contributed by atoms with van der Waals surface area (Å²) in [5.41, 5.74) is 2.52. The van der Waals surface area contributed by atoms with Gasteiger partial charge in [0.1, 0.15) is 12.2 Å². The molecule has 6 heteroatoms. The minimum absolute atomic E-state index is 0.0777. The SMILES string of the molecule is CC(NC(=O)c1ccnn1CC(=O)O)c1ccc(C(C)(C)C)cc1. The van der Waals surface area contributed by atoms with Gasteiger partial charge in [0.05, 0.1) is 6.04 Å². The average Bonchev–Trinajstić information content (AvgIpc) is 2.93. The van der Waals surface area contributed by atoms with E-state index in [2.05, 4.69) is 43.3 Å². The van der Waals surface area contributed by atoms with E-state index in [1.807, 2.05) is 19.1 Å². The van der Waals surface area contributed by atoms with Crippen LogP contribution in [0.15, 0.2) is 36.5 Å². The summed E-state index contributed by atoms with van der Waals surface area (Å²) in [5, 5.41) is 15.6.